The van der Waals surface area contributed by atoms with Crippen LogP contribution in [0, 0.1) is 11.7 Å². The summed E-state index contributed by atoms with van der Waals surface area (Å²) < 4.78 is 50.0. The van der Waals surface area contributed by atoms with Gasteiger partial charge in [-0.2, -0.15) is 17.9 Å². The predicted molar refractivity (Wildman–Crippen MR) is 153 cm³/mol. The zero-order chi connectivity index (χ0) is 28.7. The van der Waals surface area contributed by atoms with E-state index in [2.05, 4.69) is 24.7 Å². The molecule has 1 saturated heterocycles. The summed E-state index contributed by atoms with van der Waals surface area (Å²) in [7, 11) is -4.22. The predicted octanol–water partition coefficient (Wildman–Crippen LogP) is 4.11. The molecule has 1 unspecified atom stereocenters. The van der Waals surface area contributed by atoms with E-state index in [1.807, 2.05) is 36.2 Å². The molecular weight excluding hydrogens is 573 g/mol. The molecular formula is C27H25ClFN7O4S. The number of rotatable bonds is 7. The molecule has 1 aliphatic heterocycles. The molecule has 2 N–H and O–H groups in total. The van der Waals surface area contributed by atoms with Crippen LogP contribution in [0.5, 0.6) is 5.75 Å². The van der Waals surface area contributed by atoms with Crippen LogP contribution in [0.1, 0.15) is 13.3 Å². The number of nitrogens with one attached hydrogen (secondary N) is 1. The monoisotopic (exact) mass is 597 g/mol. The number of β-amino-alcohol motifs (C(OH)–C–C–N with tert-alkyl or cyclic N) is 1. The number of fused-ring (bicyclic) bond motifs is 3. The number of sulfonamides is 1. The molecule has 212 valence electrons. The number of H-pyrrole nitrogens is 1. The van der Waals surface area contributed by atoms with Crippen molar-refractivity contribution in [1.82, 2.24) is 24.8 Å². The van der Waals surface area contributed by atoms with E-state index in [1.54, 1.807) is 16.9 Å². The zero-order valence-electron chi connectivity index (χ0n) is 21.8. The Morgan fingerprint density at radius 1 is 1.27 bits per heavy atom. The molecule has 1 fully saturated rings. The van der Waals surface area contributed by atoms with Gasteiger partial charge in [-0.25, -0.2) is 13.9 Å². The van der Waals surface area contributed by atoms with Crippen LogP contribution in [0.15, 0.2) is 64.3 Å². The maximum Gasteiger partial charge on any atom is 0.283 e. The SMILES string of the molecule is CCOc1cc(-c2ccc(N3CCC(/C=N/S(=O)(=O)c4cc(F)ccc4Cl)[C@@H](O)C3)nc2)c2c3cn[nH]c3nn2c1. The summed E-state index contributed by atoms with van der Waals surface area (Å²) in [6.45, 7) is 3.17. The van der Waals surface area contributed by atoms with Crippen LogP contribution >= 0.6 is 11.6 Å². The van der Waals surface area contributed by atoms with Crippen LogP contribution in [0.3, 0.4) is 0 Å². The highest BCUT2D eigenvalue weighted by molar-refractivity contribution is 7.90. The number of aliphatic hydroxyl groups excluding tert-OH is 1. The largest absolute Gasteiger partial charge is 0.492 e. The van der Waals surface area contributed by atoms with Gasteiger partial charge in [0, 0.05) is 42.5 Å². The van der Waals surface area contributed by atoms with E-state index in [0.717, 1.165) is 40.2 Å². The number of anilines is 1. The second-order valence-electron chi connectivity index (χ2n) is 9.62. The van der Waals surface area contributed by atoms with Gasteiger partial charge in [0.05, 0.1) is 41.0 Å². The molecule has 4 aromatic heterocycles. The first kappa shape index (κ1) is 27.1. The summed E-state index contributed by atoms with van der Waals surface area (Å²) in [6.07, 6.45) is 6.06. The van der Waals surface area contributed by atoms with E-state index in [0.29, 0.717) is 36.8 Å². The molecule has 11 nitrogen and oxygen atoms in total. The van der Waals surface area contributed by atoms with E-state index in [-0.39, 0.29) is 11.6 Å². The Morgan fingerprint density at radius 2 is 2.12 bits per heavy atom. The van der Waals surface area contributed by atoms with E-state index in [1.165, 1.54) is 6.21 Å². The second-order valence-corrected chi connectivity index (χ2v) is 11.6. The molecule has 0 aliphatic carbocycles. The van der Waals surface area contributed by atoms with Crippen molar-refractivity contribution in [2.45, 2.75) is 24.3 Å². The lowest BCUT2D eigenvalue weighted by Crippen LogP contribution is -2.44. The molecule has 0 saturated carbocycles. The number of aliphatic hydroxyl groups is 1. The van der Waals surface area contributed by atoms with Crippen molar-refractivity contribution < 1.29 is 22.7 Å². The fourth-order valence-electron chi connectivity index (χ4n) is 4.96. The number of hydrogen-bond donors (Lipinski definition) is 2. The average molecular weight is 598 g/mol. The first-order valence-electron chi connectivity index (χ1n) is 12.9. The molecule has 0 bridgehead atoms. The minimum absolute atomic E-state index is 0.124. The van der Waals surface area contributed by atoms with Crippen molar-refractivity contribution in [1.29, 1.82) is 0 Å². The van der Waals surface area contributed by atoms with Crippen LogP contribution in [0.4, 0.5) is 10.2 Å². The van der Waals surface area contributed by atoms with Gasteiger partial charge in [0.25, 0.3) is 10.0 Å². The Morgan fingerprint density at radius 3 is 2.88 bits per heavy atom. The minimum Gasteiger partial charge on any atom is -0.492 e. The highest BCUT2D eigenvalue weighted by atomic mass is 35.5. The number of aromatic nitrogens is 5. The number of piperidine rings is 1. The summed E-state index contributed by atoms with van der Waals surface area (Å²) >= 11 is 5.94. The summed E-state index contributed by atoms with van der Waals surface area (Å²) in [4.78, 5) is 6.17. The first-order chi connectivity index (χ1) is 19.7. The van der Waals surface area contributed by atoms with Crippen molar-refractivity contribution in [3.05, 3.63) is 65.8 Å². The minimum atomic E-state index is -4.22. The third-order valence-corrected chi connectivity index (χ3v) is 8.73. The smallest absolute Gasteiger partial charge is 0.283 e. The molecule has 2 atom stereocenters. The van der Waals surface area contributed by atoms with Gasteiger partial charge in [-0.3, -0.25) is 5.10 Å². The number of benzene rings is 1. The van der Waals surface area contributed by atoms with Crippen molar-refractivity contribution in [2.75, 3.05) is 24.6 Å². The lowest BCUT2D eigenvalue weighted by atomic mass is 9.95. The molecule has 5 aromatic rings. The molecule has 0 spiro atoms. The van der Waals surface area contributed by atoms with Crippen molar-refractivity contribution >= 4 is 50.2 Å². The third-order valence-electron chi connectivity index (χ3n) is 6.99. The van der Waals surface area contributed by atoms with Crippen LogP contribution in [-0.2, 0) is 10.0 Å². The Labute approximate surface area is 239 Å². The van der Waals surface area contributed by atoms with Crippen molar-refractivity contribution in [3.8, 4) is 16.9 Å². The van der Waals surface area contributed by atoms with Gasteiger partial charge < -0.3 is 14.7 Å². The number of ether oxygens (including phenoxy) is 1. The maximum absolute atomic E-state index is 13.6. The van der Waals surface area contributed by atoms with Crippen LogP contribution in [-0.4, -0.2) is 70.3 Å². The Bertz CT molecular complexity index is 1870. The molecule has 6 rings (SSSR count). The molecule has 14 heteroatoms. The van der Waals surface area contributed by atoms with Gasteiger partial charge in [0.15, 0.2) is 5.65 Å². The fourth-order valence-corrected chi connectivity index (χ4v) is 6.38. The molecule has 0 radical (unpaired) electrons. The molecule has 0 amide bonds. The second kappa shape index (κ2) is 10.7. The van der Waals surface area contributed by atoms with Gasteiger partial charge in [-0.15, -0.1) is 5.10 Å². The number of aromatic amines is 1. The lowest BCUT2D eigenvalue weighted by molar-refractivity contribution is 0.127. The van der Waals surface area contributed by atoms with E-state index < -0.39 is 32.8 Å². The van der Waals surface area contributed by atoms with Gasteiger partial charge in [-0.05, 0) is 49.7 Å². The topological polar surface area (TPSA) is 138 Å². The molecule has 5 heterocycles. The summed E-state index contributed by atoms with van der Waals surface area (Å²) in [5.74, 6) is 0.0925. The highest BCUT2D eigenvalue weighted by Crippen LogP contribution is 2.34. The van der Waals surface area contributed by atoms with Gasteiger partial charge >= 0.3 is 0 Å². The van der Waals surface area contributed by atoms with Crippen molar-refractivity contribution in [3.63, 3.8) is 0 Å². The fraction of sp³-hybridized carbons (Fsp3) is 0.259. The first-order valence-corrected chi connectivity index (χ1v) is 14.7. The quantitative estimate of drug-likeness (QED) is 0.267. The standard InChI is InChI=1S/C27H25ClFN7O4S/c1-2-40-19-10-20(26-21-13-31-33-27(21)34-36(26)14-19)16-3-6-25(30-11-16)35-8-7-17(23(37)15-35)12-32-41(38,39)24-9-18(29)4-5-22(24)28/h3-6,9-14,17,23,37H,2,7-8,15H2,1H3,(H,33,34)/b32-12+/t17?,23-/m0/s1. The maximum atomic E-state index is 13.6. The van der Waals surface area contributed by atoms with Gasteiger partial charge in [0.2, 0.25) is 0 Å². The van der Waals surface area contributed by atoms with E-state index in [4.69, 9.17) is 16.3 Å². The van der Waals surface area contributed by atoms with Gasteiger partial charge in [-0.1, -0.05) is 11.6 Å². The van der Waals surface area contributed by atoms with E-state index in [9.17, 15) is 17.9 Å². The molecule has 41 heavy (non-hydrogen) atoms. The van der Waals surface area contributed by atoms with Gasteiger partial charge in [0.1, 0.15) is 22.3 Å². The number of halogens is 2. The van der Waals surface area contributed by atoms with Crippen LogP contribution in [0.2, 0.25) is 5.02 Å². The highest BCUT2D eigenvalue weighted by Gasteiger charge is 2.28. The molecule has 1 aromatic carbocycles. The Hall–Kier alpha value is -4.07. The summed E-state index contributed by atoms with van der Waals surface area (Å²) in [6, 6.07) is 8.83. The van der Waals surface area contributed by atoms with Crippen LogP contribution in [0.25, 0.3) is 27.7 Å². The summed E-state index contributed by atoms with van der Waals surface area (Å²) in [5.41, 5.74) is 3.27. The third kappa shape index (κ3) is 5.23. The average Bonchev–Trinajstić information content (AvgIpc) is 3.55. The molecule has 1 aliphatic rings. The van der Waals surface area contributed by atoms with Crippen LogP contribution < -0.4 is 9.64 Å². The zero-order valence-corrected chi connectivity index (χ0v) is 23.3. The Kier molecular flexibility index (Phi) is 7.09. The number of hydrogen-bond acceptors (Lipinski definition) is 8. The van der Waals surface area contributed by atoms with Crippen molar-refractivity contribution in [2.24, 2.45) is 10.3 Å². The lowest BCUT2D eigenvalue weighted by Gasteiger charge is -2.35. The number of pyridine rings is 2. The van der Waals surface area contributed by atoms with E-state index >= 15 is 0 Å². The Balaban J connectivity index is 1.20. The number of nitrogens with zero attached hydrogens (tertiary/aromatic N) is 6. The summed E-state index contributed by atoms with van der Waals surface area (Å²) in [5, 5.41) is 23.1. The normalized spacial score (nSPS) is 18.1.